The second-order valence-electron chi connectivity index (χ2n) is 7.15. The summed E-state index contributed by atoms with van der Waals surface area (Å²) in [6.45, 7) is 7.68. The monoisotopic (exact) mass is 417 g/mol. The summed E-state index contributed by atoms with van der Waals surface area (Å²) in [6.07, 6.45) is 0. The fraction of sp³-hybridized carbons (Fsp3) is 0.300. The summed E-state index contributed by atoms with van der Waals surface area (Å²) in [5.41, 5.74) is 2.80. The first-order valence-electron chi connectivity index (χ1n) is 8.36. The lowest BCUT2D eigenvalue weighted by atomic mass is 9.95. The molecule has 2 amide bonds. The van der Waals surface area contributed by atoms with Crippen LogP contribution in [0.4, 0.5) is 17.1 Å². The molecule has 0 radical (unpaired) electrons. The Morgan fingerprint density at radius 2 is 1.62 bits per heavy atom. The average molecular weight is 418 g/mol. The van der Waals surface area contributed by atoms with E-state index in [4.69, 9.17) is 0 Å². The highest BCUT2D eigenvalue weighted by Crippen LogP contribution is 2.21. The van der Waals surface area contributed by atoms with E-state index in [1.807, 2.05) is 64.1 Å². The summed E-state index contributed by atoms with van der Waals surface area (Å²) < 4.78 is 1.00. The summed E-state index contributed by atoms with van der Waals surface area (Å²) in [6, 6.07) is 13.0. The third kappa shape index (κ3) is 5.88. The Balaban J connectivity index is 1.92. The van der Waals surface area contributed by atoms with E-state index in [1.165, 1.54) is 0 Å². The van der Waals surface area contributed by atoms with Crippen LogP contribution in [-0.2, 0) is 9.59 Å². The molecular weight excluding hydrogens is 394 g/mol. The number of aryl methyl sites for hydroxylation is 1. The van der Waals surface area contributed by atoms with Gasteiger partial charge < -0.3 is 16.0 Å². The molecule has 0 fully saturated rings. The summed E-state index contributed by atoms with van der Waals surface area (Å²) in [7, 11) is 0. The Hall–Kier alpha value is -2.34. The van der Waals surface area contributed by atoms with Crippen molar-refractivity contribution < 1.29 is 9.59 Å². The second kappa shape index (κ2) is 8.36. The molecule has 0 spiro atoms. The van der Waals surface area contributed by atoms with Crippen LogP contribution in [0.3, 0.4) is 0 Å². The van der Waals surface area contributed by atoms with E-state index in [-0.39, 0.29) is 18.4 Å². The van der Waals surface area contributed by atoms with E-state index in [9.17, 15) is 9.59 Å². The fourth-order valence-corrected chi connectivity index (χ4v) is 2.38. The maximum atomic E-state index is 12.1. The molecule has 3 N–H and O–H groups in total. The minimum Gasteiger partial charge on any atom is -0.376 e. The Kier molecular flexibility index (Phi) is 6.42. The van der Waals surface area contributed by atoms with E-state index in [1.54, 1.807) is 6.07 Å². The first kappa shape index (κ1) is 20.0. The molecule has 0 saturated carbocycles. The number of anilines is 3. The molecule has 2 aromatic carbocycles. The minimum absolute atomic E-state index is 0.0574. The zero-order valence-electron chi connectivity index (χ0n) is 15.4. The molecule has 6 heteroatoms. The van der Waals surface area contributed by atoms with Gasteiger partial charge >= 0.3 is 0 Å². The summed E-state index contributed by atoms with van der Waals surface area (Å²) in [4.78, 5) is 24.2. The number of carbonyl (C=O) groups is 2. The van der Waals surface area contributed by atoms with Crippen molar-refractivity contribution in [3.05, 3.63) is 52.5 Å². The van der Waals surface area contributed by atoms with Gasteiger partial charge in [0, 0.05) is 26.9 Å². The molecule has 0 aliphatic carbocycles. The quantitative estimate of drug-likeness (QED) is 0.654. The SMILES string of the molecule is Cc1cc(NC(=O)CNc2cccc(NC(=O)C(C)(C)C)c2)ccc1Br. The van der Waals surface area contributed by atoms with Crippen LogP contribution < -0.4 is 16.0 Å². The van der Waals surface area contributed by atoms with Crippen molar-refractivity contribution in [1.29, 1.82) is 0 Å². The molecule has 0 saturated heterocycles. The zero-order chi connectivity index (χ0) is 19.3. The maximum Gasteiger partial charge on any atom is 0.243 e. The number of benzene rings is 2. The van der Waals surface area contributed by atoms with Gasteiger partial charge in [-0.25, -0.2) is 0 Å². The Morgan fingerprint density at radius 3 is 2.27 bits per heavy atom. The molecule has 0 bridgehead atoms. The van der Waals surface area contributed by atoms with Crippen LogP contribution in [0.1, 0.15) is 26.3 Å². The Bertz CT molecular complexity index is 813. The van der Waals surface area contributed by atoms with Gasteiger partial charge in [0.05, 0.1) is 6.54 Å². The lowest BCUT2D eigenvalue weighted by Gasteiger charge is -2.18. The highest BCUT2D eigenvalue weighted by Gasteiger charge is 2.21. The predicted octanol–water partition coefficient (Wildman–Crippen LogP) is 4.79. The highest BCUT2D eigenvalue weighted by atomic mass is 79.9. The molecule has 2 rings (SSSR count). The standard InChI is InChI=1S/C20H24BrN3O2/c1-13-10-16(8-9-17(13)21)23-18(25)12-22-14-6-5-7-15(11-14)24-19(26)20(2,3)4/h5-11,22H,12H2,1-4H3,(H,23,25)(H,24,26). The van der Waals surface area contributed by atoms with Gasteiger partial charge in [0.2, 0.25) is 11.8 Å². The van der Waals surface area contributed by atoms with E-state index in [0.29, 0.717) is 5.69 Å². The molecule has 0 aliphatic heterocycles. The second-order valence-corrected chi connectivity index (χ2v) is 8.00. The van der Waals surface area contributed by atoms with Crippen LogP contribution in [0.2, 0.25) is 0 Å². The Labute approximate surface area is 162 Å². The van der Waals surface area contributed by atoms with E-state index in [0.717, 1.165) is 21.4 Å². The summed E-state index contributed by atoms with van der Waals surface area (Å²) >= 11 is 3.44. The number of nitrogens with one attached hydrogen (secondary N) is 3. The zero-order valence-corrected chi connectivity index (χ0v) is 17.0. The van der Waals surface area contributed by atoms with Crippen LogP contribution in [0.15, 0.2) is 46.9 Å². The normalized spacial score (nSPS) is 11.0. The number of carbonyl (C=O) groups excluding carboxylic acids is 2. The third-order valence-corrected chi connectivity index (χ3v) is 4.59. The molecule has 138 valence electrons. The number of hydrogen-bond acceptors (Lipinski definition) is 3. The van der Waals surface area contributed by atoms with Crippen LogP contribution in [0.25, 0.3) is 0 Å². The number of amides is 2. The predicted molar refractivity (Wildman–Crippen MR) is 111 cm³/mol. The highest BCUT2D eigenvalue weighted by molar-refractivity contribution is 9.10. The van der Waals surface area contributed by atoms with Crippen molar-refractivity contribution in [2.45, 2.75) is 27.7 Å². The first-order valence-corrected chi connectivity index (χ1v) is 9.16. The molecule has 0 unspecified atom stereocenters. The molecule has 2 aromatic rings. The van der Waals surface area contributed by atoms with E-state index in [2.05, 4.69) is 31.9 Å². The average Bonchev–Trinajstić information content (AvgIpc) is 2.56. The van der Waals surface area contributed by atoms with Gasteiger partial charge in [0.25, 0.3) is 0 Å². The third-order valence-electron chi connectivity index (χ3n) is 3.70. The van der Waals surface area contributed by atoms with Crippen LogP contribution in [0, 0.1) is 12.3 Å². The largest absolute Gasteiger partial charge is 0.376 e. The lowest BCUT2D eigenvalue weighted by Crippen LogP contribution is -2.27. The molecule has 0 atom stereocenters. The summed E-state index contributed by atoms with van der Waals surface area (Å²) in [5, 5.41) is 8.80. The van der Waals surface area contributed by atoms with E-state index >= 15 is 0 Å². The van der Waals surface area contributed by atoms with Crippen molar-refractivity contribution in [1.82, 2.24) is 0 Å². The molecule has 0 aliphatic rings. The maximum absolute atomic E-state index is 12.1. The number of rotatable bonds is 5. The first-order chi connectivity index (χ1) is 12.1. The Morgan fingerprint density at radius 1 is 0.962 bits per heavy atom. The molecule has 5 nitrogen and oxygen atoms in total. The topological polar surface area (TPSA) is 70.2 Å². The summed E-state index contributed by atoms with van der Waals surface area (Å²) in [5.74, 6) is -0.200. The van der Waals surface area contributed by atoms with Gasteiger partial charge in [-0.15, -0.1) is 0 Å². The molecule has 26 heavy (non-hydrogen) atoms. The minimum atomic E-state index is -0.466. The molecular formula is C20H24BrN3O2. The van der Waals surface area contributed by atoms with Crippen molar-refractivity contribution in [3.63, 3.8) is 0 Å². The van der Waals surface area contributed by atoms with Crippen molar-refractivity contribution >= 4 is 44.8 Å². The molecule has 0 heterocycles. The lowest BCUT2D eigenvalue weighted by molar-refractivity contribution is -0.123. The van der Waals surface area contributed by atoms with Crippen LogP contribution in [0.5, 0.6) is 0 Å². The van der Waals surface area contributed by atoms with E-state index < -0.39 is 5.41 Å². The van der Waals surface area contributed by atoms with Gasteiger partial charge in [0.15, 0.2) is 0 Å². The van der Waals surface area contributed by atoms with Crippen LogP contribution in [-0.4, -0.2) is 18.4 Å². The van der Waals surface area contributed by atoms with Crippen molar-refractivity contribution in [2.24, 2.45) is 5.41 Å². The molecule has 0 aromatic heterocycles. The number of halogens is 1. The van der Waals surface area contributed by atoms with Gasteiger partial charge in [-0.05, 0) is 48.9 Å². The van der Waals surface area contributed by atoms with Crippen molar-refractivity contribution in [3.8, 4) is 0 Å². The van der Waals surface area contributed by atoms with Gasteiger partial charge in [-0.2, -0.15) is 0 Å². The van der Waals surface area contributed by atoms with Crippen LogP contribution >= 0.6 is 15.9 Å². The van der Waals surface area contributed by atoms with Crippen molar-refractivity contribution in [2.75, 3.05) is 22.5 Å². The van der Waals surface area contributed by atoms with Gasteiger partial charge in [0.1, 0.15) is 0 Å². The van der Waals surface area contributed by atoms with Gasteiger partial charge in [-0.1, -0.05) is 42.8 Å². The smallest absolute Gasteiger partial charge is 0.243 e. The van der Waals surface area contributed by atoms with Gasteiger partial charge in [-0.3, -0.25) is 9.59 Å². The number of hydrogen-bond donors (Lipinski definition) is 3. The fourth-order valence-electron chi connectivity index (χ4n) is 2.14.